The highest BCUT2D eigenvalue weighted by Gasteiger charge is 2.04. The predicted molar refractivity (Wildman–Crippen MR) is 93.1 cm³/mol. The Kier molecular flexibility index (Phi) is 5.11. The quantitative estimate of drug-likeness (QED) is 0.603. The van der Waals surface area contributed by atoms with Crippen LogP contribution < -0.4 is 0 Å². The minimum absolute atomic E-state index is 0.959. The summed E-state index contributed by atoms with van der Waals surface area (Å²) in [6.07, 6.45) is 6.09. The first-order chi connectivity index (χ1) is 10.2. The van der Waals surface area contributed by atoms with Crippen LogP contribution in [0.2, 0.25) is 0 Å². The van der Waals surface area contributed by atoms with Crippen LogP contribution in [-0.2, 0) is 0 Å². The lowest BCUT2D eigenvalue weighted by atomic mass is 9.96. The highest BCUT2D eigenvalue weighted by Crippen LogP contribution is 2.24. The van der Waals surface area contributed by atoms with Gasteiger partial charge in [0.2, 0.25) is 0 Å². The molecule has 0 heteroatoms. The molecular formula is C21H20. The van der Waals surface area contributed by atoms with E-state index in [1.807, 2.05) is 31.2 Å². The molecule has 0 radical (unpaired) electrons. The fraction of sp³-hybridized carbons (Fsp3) is 0.0476. The van der Waals surface area contributed by atoms with Gasteiger partial charge in [-0.1, -0.05) is 91.5 Å². The molecule has 0 aliphatic heterocycles. The fourth-order valence-corrected chi connectivity index (χ4v) is 2.05. The number of hydrogen-bond donors (Lipinski definition) is 0. The van der Waals surface area contributed by atoms with Gasteiger partial charge in [-0.2, -0.15) is 0 Å². The number of rotatable bonds is 5. The molecular weight excluding hydrogens is 252 g/mol. The maximum Gasteiger partial charge on any atom is -0.0106 e. The molecule has 2 aromatic rings. The minimum atomic E-state index is 0.959. The summed E-state index contributed by atoms with van der Waals surface area (Å²) in [4.78, 5) is 0. The van der Waals surface area contributed by atoms with Crippen LogP contribution in [-0.4, -0.2) is 0 Å². The Balaban J connectivity index is 2.42. The van der Waals surface area contributed by atoms with E-state index in [9.17, 15) is 0 Å². The normalized spacial score (nSPS) is 10.3. The Labute approximate surface area is 127 Å². The van der Waals surface area contributed by atoms with Crippen molar-refractivity contribution in [2.45, 2.75) is 6.92 Å². The van der Waals surface area contributed by atoms with E-state index >= 15 is 0 Å². The summed E-state index contributed by atoms with van der Waals surface area (Å²) >= 11 is 0. The fourth-order valence-electron chi connectivity index (χ4n) is 2.05. The molecule has 0 fully saturated rings. The third-order valence-electron chi connectivity index (χ3n) is 3.08. The summed E-state index contributed by atoms with van der Waals surface area (Å²) < 4.78 is 0. The second-order valence-corrected chi connectivity index (χ2v) is 5.04. The van der Waals surface area contributed by atoms with Crippen LogP contribution in [0.15, 0.2) is 103 Å². The van der Waals surface area contributed by atoms with E-state index in [2.05, 4.69) is 67.8 Å². The van der Waals surface area contributed by atoms with Gasteiger partial charge in [-0.05, 0) is 35.3 Å². The molecule has 0 saturated carbocycles. The summed E-state index contributed by atoms with van der Waals surface area (Å²) in [6.45, 7) is 9.96. The lowest BCUT2D eigenvalue weighted by molar-refractivity contribution is 1.52. The summed E-state index contributed by atoms with van der Waals surface area (Å²) in [6, 6.07) is 20.8. The molecule has 0 atom stereocenters. The van der Waals surface area contributed by atoms with Crippen molar-refractivity contribution in [3.63, 3.8) is 0 Å². The first kappa shape index (κ1) is 14.8. The van der Waals surface area contributed by atoms with Crippen molar-refractivity contribution in [1.29, 1.82) is 0 Å². The van der Waals surface area contributed by atoms with Crippen LogP contribution in [0.4, 0.5) is 0 Å². The van der Waals surface area contributed by atoms with Crippen LogP contribution in [0, 0.1) is 0 Å². The second-order valence-electron chi connectivity index (χ2n) is 5.04. The van der Waals surface area contributed by atoms with E-state index in [-0.39, 0.29) is 0 Å². The van der Waals surface area contributed by atoms with Gasteiger partial charge in [0, 0.05) is 0 Å². The first-order valence-electron chi connectivity index (χ1n) is 7.02. The molecule has 0 N–H and O–H groups in total. The molecule has 21 heavy (non-hydrogen) atoms. The third-order valence-corrected chi connectivity index (χ3v) is 3.08. The molecule has 0 nitrogen and oxygen atoms in total. The van der Waals surface area contributed by atoms with Crippen molar-refractivity contribution in [2.24, 2.45) is 0 Å². The van der Waals surface area contributed by atoms with E-state index in [0.717, 1.165) is 11.1 Å². The van der Waals surface area contributed by atoms with E-state index in [4.69, 9.17) is 0 Å². The molecule has 0 aromatic heterocycles. The maximum atomic E-state index is 4.11. The van der Waals surface area contributed by atoms with Gasteiger partial charge >= 0.3 is 0 Å². The molecule has 0 unspecified atom stereocenters. The molecule has 2 rings (SSSR count). The summed E-state index contributed by atoms with van der Waals surface area (Å²) in [5.41, 5.74) is 5.53. The largest absolute Gasteiger partial charge is 0.0961 e. The van der Waals surface area contributed by atoms with Gasteiger partial charge in [0.05, 0.1) is 0 Å². The summed E-state index contributed by atoms with van der Waals surface area (Å²) in [5.74, 6) is 0. The maximum absolute atomic E-state index is 4.11. The van der Waals surface area contributed by atoms with Gasteiger partial charge in [0.1, 0.15) is 0 Å². The Hall–Kier alpha value is -2.60. The first-order valence-corrected chi connectivity index (χ1v) is 7.02. The van der Waals surface area contributed by atoms with Gasteiger partial charge in [-0.15, -0.1) is 0 Å². The topological polar surface area (TPSA) is 0 Å². The highest BCUT2D eigenvalue weighted by molar-refractivity contribution is 5.81. The average Bonchev–Trinajstić information content (AvgIpc) is 2.52. The van der Waals surface area contributed by atoms with E-state index in [1.165, 1.54) is 16.7 Å². The third kappa shape index (κ3) is 4.47. The summed E-state index contributed by atoms with van der Waals surface area (Å²) in [7, 11) is 0. The Morgan fingerprint density at radius 3 is 1.67 bits per heavy atom. The van der Waals surface area contributed by atoms with E-state index in [0.29, 0.717) is 0 Å². The van der Waals surface area contributed by atoms with Crippen molar-refractivity contribution in [1.82, 2.24) is 0 Å². The van der Waals surface area contributed by atoms with Gasteiger partial charge in [-0.3, -0.25) is 0 Å². The van der Waals surface area contributed by atoms with Crippen molar-refractivity contribution < 1.29 is 0 Å². The van der Waals surface area contributed by atoms with Gasteiger partial charge in [-0.25, -0.2) is 0 Å². The Morgan fingerprint density at radius 2 is 1.24 bits per heavy atom. The van der Waals surface area contributed by atoms with Gasteiger partial charge < -0.3 is 0 Å². The molecule has 0 aliphatic carbocycles. The Morgan fingerprint density at radius 1 is 0.762 bits per heavy atom. The Bertz CT molecular complexity index is 629. The predicted octanol–water partition coefficient (Wildman–Crippen LogP) is 5.81. The zero-order valence-electron chi connectivity index (χ0n) is 12.4. The minimum Gasteiger partial charge on any atom is -0.0961 e. The lowest BCUT2D eigenvalue weighted by Gasteiger charge is -2.09. The molecule has 0 saturated heterocycles. The van der Waals surface area contributed by atoms with Crippen molar-refractivity contribution in [3.05, 3.63) is 114 Å². The number of hydrogen-bond acceptors (Lipinski definition) is 0. The van der Waals surface area contributed by atoms with Crippen molar-refractivity contribution >= 4 is 5.57 Å². The van der Waals surface area contributed by atoms with E-state index < -0.39 is 0 Å². The van der Waals surface area contributed by atoms with Crippen LogP contribution in [0.25, 0.3) is 5.57 Å². The highest BCUT2D eigenvalue weighted by atomic mass is 14.1. The molecule has 104 valence electrons. The van der Waals surface area contributed by atoms with Crippen LogP contribution in [0.3, 0.4) is 0 Å². The molecule has 0 aliphatic rings. The smallest absolute Gasteiger partial charge is 0.0106 e. The van der Waals surface area contributed by atoms with Crippen molar-refractivity contribution in [2.75, 3.05) is 0 Å². The monoisotopic (exact) mass is 272 g/mol. The number of benzene rings is 2. The van der Waals surface area contributed by atoms with E-state index in [1.54, 1.807) is 0 Å². The molecule has 0 bridgehead atoms. The van der Waals surface area contributed by atoms with Crippen LogP contribution in [0.1, 0.15) is 18.1 Å². The molecule has 0 heterocycles. The van der Waals surface area contributed by atoms with Gasteiger partial charge in [0.25, 0.3) is 0 Å². The standard InChI is InChI=1S/C21H20/c1-17(2)14-15-18(3)16-21(19-10-6-4-7-11-19)20-12-8-5-9-13-20/h4-16H,1,3H2,2H3/b15-14-. The zero-order valence-corrected chi connectivity index (χ0v) is 12.4. The lowest BCUT2D eigenvalue weighted by Crippen LogP contribution is -1.88. The zero-order chi connectivity index (χ0) is 15.1. The van der Waals surface area contributed by atoms with Crippen molar-refractivity contribution in [3.8, 4) is 0 Å². The second kappa shape index (κ2) is 7.25. The van der Waals surface area contributed by atoms with Crippen LogP contribution in [0.5, 0.6) is 0 Å². The SMILES string of the molecule is C=C(C)/C=C\C(=C)C=C(c1ccccc1)c1ccccc1. The molecule has 2 aromatic carbocycles. The summed E-state index contributed by atoms with van der Waals surface area (Å²) in [5, 5.41) is 0. The van der Waals surface area contributed by atoms with Crippen LogP contribution >= 0.6 is 0 Å². The van der Waals surface area contributed by atoms with Gasteiger partial charge in [0.15, 0.2) is 0 Å². The number of allylic oxidation sites excluding steroid dienone is 5. The molecule has 0 amide bonds. The molecule has 0 spiro atoms. The average molecular weight is 272 g/mol.